The lowest BCUT2D eigenvalue weighted by Gasteiger charge is -2.36. The fourth-order valence-electron chi connectivity index (χ4n) is 7.78. The molecule has 7 atom stereocenters. The van der Waals surface area contributed by atoms with Crippen LogP contribution in [0, 0.1) is 17.8 Å². The number of fused-ring (bicyclic) bond motifs is 2. The van der Waals surface area contributed by atoms with Crippen LogP contribution in [0.1, 0.15) is 86.0 Å². The zero-order valence-corrected chi connectivity index (χ0v) is 33.4. The molecule has 0 radical (unpaired) electrons. The topological polar surface area (TPSA) is 192 Å². The Hall–Kier alpha value is -4.14. The summed E-state index contributed by atoms with van der Waals surface area (Å²) in [4.78, 5) is 68.8. The number of rotatable bonds is 7. The number of halogens is 6. The van der Waals surface area contributed by atoms with Crippen molar-refractivity contribution >= 4 is 39.8 Å². The van der Waals surface area contributed by atoms with Crippen molar-refractivity contribution in [3.05, 3.63) is 35.6 Å². The Morgan fingerprint density at radius 1 is 1.02 bits per heavy atom. The quantitative estimate of drug-likeness (QED) is 0.199. The van der Waals surface area contributed by atoms with Crippen molar-refractivity contribution in [2.45, 2.75) is 132 Å². The van der Waals surface area contributed by atoms with E-state index in [1.165, 1.54) is 11.8 Å². The number of allylic oxidation sites excluding steroid dienone is 3. The van der Waals surface area contributed by atoms with Gasteiger partial charge >= 0.3 is 24.5 Å². The Balaban J connectivity index is 1.51. The summed E-state index contributed by atoms with van der Waals surface area (Å²) < 4.78 is 116. The molecule has 324 valence electrons. The van der Waals surface area contributed by atoms with E-state index in [-0.39, 0.29) is 36.2 Å². The second kappa shape index (κ2) is 15.8. The molecule has 0 aromatic heterocycles. The average Bonchev–Trinajstić information content (AvgIpc) is 3.96. The number of hydrogen-bond acceptors (Lipinski definition) is 9. The fourth-order valence-corrected chi connectivity index (χ4v) is 9.09. The van der Waals surface area contributed by atoms with E-state index in [1.807, 2.05) is 13.0 Å². The maximum Gasteiger partial charge on any atom is 0.427 e. The monoisotopic (exact) mass is 853 g/mol. The molecule has 3 aliphatic carbocycles. The second-order valence-electron chi connectivity index (χ2n) is 17.0. The molecule has 0 unspecified atom stereocenters. The molecule has 0 aromatic rings. The van der Waals surface area contributed by atoms with E-state index in [1.54, 1.807) is 11.4 Å². The van der Waals surface area contributed by atoms with Crippen LogP contribution in [0.5, 0.6) is 0 Å². The molecule has 2 aliphatic heterocycles. The number of carbonyl (C=O) groups excluding carboxylic acids is 4. The van der Waals surface area contributed by atoms with E-state index in [2.05, 4.69) is 21.7 Å². The van der Waals surface area contributed by atoms with Gasteiger partial charge in [-0.3, -0.25) is 28.9 Å². The number of sulfonamides is 1. The summed E-state index contributed by atoms with van der Waals surface area (Å²) in [5.41, 5.74) is -7.89. The standard InChI is InChI=1S/C37H49F6N5O9S/c1-20-8-6-7-9-22-18-35(22,30(51)46-58(55,56)34(5)13-14-34)45-29(50)25-17-23(19-47(25)15-12-21(2)16-20)48(32(53)54)28-24(36(38,39)40)10-11-26(49)27(28)44-31(52)57-33(3,4)37(41,42)43/h7,9-11,20-23,25,27H,6,8,12-19H2,1-5H3,(H,44,52)(H,45,50)(H,46,51)(H,53,54)/b9-7-/t20-,21+,22-,23-,25+,27-,35-/m1/s1. The van der Waals surface area contributed by atoms with Crippen LogP contribution in [0.2, 0.25) is 0 Å². The van der Waals surface area contributed by atoms with Gasteiger partial charge in [-0.2, -0.15) is 26.3 Å². The first-order valence-electron chi connectivity index (χ1n) is 19.0. The van der Waals surface area contributed by atoms with Gasteiger partial charge in [-0.25, -0.2) is 18.0 Å². The molecule has 14 nitrogen and oxygen atoms in total. The number of carbonyl (C=O) groups is 5. The number of ether oxygens (including phenoxy) is 1. The Labute approximate surface area is 331 Å². The molecule has 5 aliphatic rings. The molecule has 0 aromatic carbocycles. The summed E-state index contributed by atoms with van der Waals surface area (Å²) in [5, 5.41) is 14.9. The van der Waals surface area contributed by atoms with Crippen molar-refractivity contribution < 1.29 is 68.6 Å². The van der Waals surface area contributed by atoms with Crippen molar-refractivity contribution in [2.24, 2.45) is 17.8 Å². The lowest BCUT2D eigenvalue weighted by Crippen LogP contribution is -2.56. The molecule has 3 fully saturated rings. The summed E-state index contributed by atoms with van der Waals surface area (Å²) >= 11 is 0. The predicted molar refractivity (Wildman–Crippen MR) is 194 cm³/mol. The largest absolute Gasteiger partial charge is 0.465 e. The van der Waals surface area contributed by atoms with E-state index in [0.29, 0.717) is 51.7 Å². The summed E-state index contributed by atoms with van der Waals surface area (Å²) in [7, 11) is -4.14. The van der Waals surface area contributed by atoms with Gasteiger partial charge in [0.1, 0.15) is 11.6 Å². The van der Waals surface area contributed by atoms with Crippen LogP contribution in [0.3, 0.4) is 0 Å². The third kappa shape index (κ3) is 9.34. The third-order valence-corrected chi connectivity index (χ3v) is 14.0. The predicted octanol–water partition coefficient (Wildman–Crippen LogP) is 5.08. The Bertz CT molecular complexity index is 1890. The van der Waals surface area contributed by atoms with Gasteiger partial charge in [0.05, 0.1) is 28.1 Å². The maximum atomic E-state index is 14.6. The van der Waals surface area contributed by atoms with Crippen LogP contribution in [0.4, 0.5) is 35.9 Å². The van der Waals surface area contributed by atoms with E-state index < -0.39 is 110 Å². The van der Waals surface area contributed by atoms with Gasteiger partial charge in [-0.05, 0) is 103 Å². The van der Waals surface area contributed by atoms with Crippen molar-refractivity contribution in [1.82, 2.24) is 25.2 Å². The number of ketones is 1. The summed E-state index contributed by atoms with van der Waals surface area (Å²) in [5.74, 6) is -3.41. The van der Waals surface area contributed by atoms with Crippen molar-refractivity contribution in [3.8, 4) is 0 Å². The van der Waals surface area contributed by atoms with Gasteiger partial charge in [-0.15, -0.1) is 0 Å². The number of amides is 4. The van der Waals surface area contributed by atoms with Crippen LogP contribution in [0.25, 0.3) is 0 Å². The first-order valence-corrected chi connectivity index (χ1v) is 20.5. The number of alkyl carbamates (subject to hydrolysis) is 1. The van der Waals surface area contributed by atoms with E-state index in [4.69, 9.17) is 0 Å². The van der Waals surface area contributed by atoms with Crippen molar-refractivity contribution in [1.29, 1.82) is 0 Å². The second-order valence-corrected chi connectivity index (χ2v) is 19.2. The number of carboxylic acid groups (broad SMARTS) is 1. The molecule has 58 heavy (non-hydrogen) atoms. The van der Waals surface area contributed by atoms with E-state index in [0.717, 1.165) is 12.8 Å². The van der Waals surface area contributed by atoms with Gasteiger partial charge in [0, 0.05) is 12.5 Å². The molecule has 21 heteroatoms. The molecule has 2 saturated carbocycles. The van der Waals surface area contributed by atoms with Crippen LogP contribution in [0.15, 0.2) is 35.6 Å². The van der Waals surface area contributed by atoms with Crippen LogP contribution < -0.4 is 15.4 Å². The molecule has 4 amide bonds. The van der Waals surface area contributed by atoms with Crippen LogP contribution >= 0.6 is 0 Å². The SMILES string of the molecule is C[C@@H]1CC/C=C\[C@@H]2C[C@@]2(C(=O)NS(=O)(=O)C2(C)CC2)NC(=O)[C@@H]2C[C@@H](N(C(=O)O)C3=C(C(F)(F)F)C=CC(=O)[C@H]3NC(=O)OC(C)(C)C(F)(F)F)CN2CC[C@H](C)C1. The summed E-state index contributed by atoms with van der Waals surface area (Å²) in [6.45, 7) is 6.18. The maximum absolute atomic E-state index is 14.6. The van der Waals surface area contributed by atoms with Crippen LogP contribution in [-0.4, -0.2) is 113 Å². The molecular weight excluding hydrogens is 804 g/mol. The number of nitrogens with zero attached hydrogens (tertiary/aromatic N) is 2. The minimum atomic E-state index is -5.35. The minimum Gasteiger partial charge on any atom is -0.465 e. The summed E-state index contributed by atoms with van der Waals surface area (Å²) in [6.07, 6.45) is -7.36. The Morgan fingerprint density at radius 2 is 1.66 bits per heavy atom. The first kappa shape index (κ1) is 45.0. The minimum absolute atomic E-state index is 0.0299. The number of alkyl halides is 6. The molecule has 2 heterocycles. The first-order chi connectivity index (χ1) is 26.6. The highest BCUT2D eigenvalue weighted by Crippen LogP contribution is 2.48. The highest BCUT2D eigenvalue weighted by atomic mass is 32.2. The normalized spacial score (nSPS) is 31.4. The van der Waals surface area contributed by atoms with Crippen molar-refractivity contribution in [2.75, 3.05) is 13.1 Å². The average molecular weight is 854 g/mol. The molecule has 4 N–H and O–H groups in total. The zero-order valence-electron chi connectivity index (χ0n) is 32.6. The molecule has 0 bridgehead atoms. The van der Waals surface area contributed by atoms with Gasteiger partial charge in [0.25, 0.3) is 5.91 Å². The van der Waals surface area contributed by atoms with E-state index in [9.17, 15) is 63.8 Å². The molecule has 5 rings (SSSR count). The highest BCUT2D eigenvalue weighted by Gasteiger charge is 2.63. The Morgan fingerprint density at radius 3 is 2.24 bits per heavy atom. The highest BCUT2D eigenvalue weighted by molar-refractivity contribution is 7.91. The molecule has 0 spiro atoms. The van der Waals surface area contributed by atoms with Gasteiger partial charge in [0.2, 0.25) is 21.5 Å². The number of hydrogen-bond donors (Lipinski definition) is 4. The van der Waals surface area contributed by atoms with Gasteiger partial charge < -0.3 is 20.5 Å². The van der Waals surface area contributed by atoms with Crippen molar-refractivity contribution in [3.63, 3.8) is 0 Å². The fraction of sp³-hybridized carbons (Fsp3) is 0.703. The van der Waals surface area contributed by atoms with Gasteiger partial charge in [0.15, 0.2) is 5.78 Å². The zero-order chi connectivity index (χ0) is 43.4. The number of nitrogens with one attached hydrogen (secondary N) is 3. The van der Waals surface area contributed by atoms with E-state index >= 15 is 0 Å². The smallest absolute Gasteiger partial charge is 0.427 e. The lowest BCUT2D eigenvalue weighted by molar-refractivity contribution is -0.244. The third-order valence-electron chi connectivity index (χ3n) is 11.9. The molecular formula is C37H49F6N5O9S. The van der Waals surface area contributed by atoms with Crippen LogP contribution in [-0.2, 0) is 29.1 Å². The molecule has 1 saturated heterocycles. The summed E-state index contributed by atoms with van der Waals surface area (Å²) in [6, 6.07) is -5.29. The Kier molecular flexibility index (Phi) is 12.2. The van der Waals surface area contributed by atoms with Gasteiger partial charge in [-0.1, -0.05) is 26.0 Å². The lowest BCUT2D eigenvalue weighted by atomic mass is 9.91.